The van der Waals surface area contributed by atoms with E-state index >= 15 is 0 Å². The van der Waals surface area contributed by atoms with E-state index in [1.165, 1.54) is 10.8 Å². The Morgan fingerprint density at radius 2 is 0.776 bits per heavy atom. The molecule has 5 aromatic heterocycles. The fourth-order valence-corrected chi connectivity index (χ4v) is 9.43. The van der Waals surface area contributed by atoms with E-state index in [4.69, 9.17) is 13.8 Å². The predicted molar refractivity (Wildman–Crippen MR) is 238 cm³/mol. The lowest BCUT2D eigenvalue weighted by Crippen LogP contribution is -1.95. The van der Waals surface area contributed by atoms with Crippen molar-refractivity contribution in [2.45, 2.75) is 0 Å². The largest absolute Gasteiger partial charge is 0.455 e. The van der Waals surface area contributed by atoms with Crippen LogP contribution in [0.25, 0.3) is 121 Å². The van der Waals surface area contributed by atoms with Crippen LogP contribution in [0.5, 0.6) is 0 Å². The van der Waals surface area contributed by atoms with Crippen molar-refractivity contribution in [2.24, 2.45) is 0 Å². The molecule has 0 saturated carbocycles. The van der Waals surface area contributed by atoms with Gasteiger partial charge in [0, 0.05) is 67.2 Å². The van der Waals surface area contributed by atoms with Gasteiger partial charge in [0.25, 0.3) is 0 Å². The quantitative estimate of drug-likeness (QED) is 0.180. The molecule has 5 heterocycles. The van der Waals surface area contributed by atoms with Gasteiger partial charge in [-0.25, -0.2) is 0 Å². The SMILES string of the molecule is c1cc(-c2cncc(-c3cccc(-n4c5ccccc5c5c6oc7ccccc7c6ccc54)c3)c2)cc(-n2c3ccccc3c3c4oc5ccccc5c4ccc32)c1. The van der Waals surface area contributed by atoms with E-state index in [9.17, 15) is 0 Å². The van der Waals surface area contributed by atoms with Crippen LogP contribution < -0.4 is 0 Å². The molecule has 270 valence electrons. The van der Waals surface area contributed by atoms with Gasteiger partial charge in [-0.1, -0.05) is 97.1 Å². The summed E-state index contributed by atoms with van der Waals surface area (Å²) in [6.07, 6.45) is 3.92. The van der Waals surface area contributed by atoms with Crippen molar-refractivity contribution in [3.8, 4) is 33.6 Å². The van der Waals surface area contributed by atoms with Crippen LogP contribution in [-0.2, 0) is 0 Å². The third kappa shape index (κ3) is 4.38. The number of para-hydroxylation sites is 4. The molecule has 0 unspecified atom stereocenters. The van der Waals surface area contributed by atoms with Crippen molar-refractivity contribution in [2.75, 3.05) is 0 Å². The second kappa shape index (κ2) is 11.8. The highest BCUT2D eigenvalue weighted by molar-refractivity contribution is 6.25. The minimum atomic E-state index is 0.904. The van der Waals surface area contributed by atoms with Gasteiger partial charge in [0.2, 0.25) is 0 Å². The maximum Gasteiger partial charge on any atom is 0.145 e. The van der Waals surface area contributed by atoms with Crippen molar-refractivity contribution in [1.29, 1.82) is 0 Å². The van der Waals surface area contributed by atoms with Crippen molar-refractivity contribution in [1.82, 2.24) is 14.1 Å². The number of furan rings is 2. The Hall–Kier alpha value is -7.89. The topological polar surface area (TPSA) is 49.0 Å². The van der Waals surface area contributed by atoms with Gasteiger partial charge < -0.3 is 18.0 Å². The molecule has 5 heteroatoms. The predicted octanol–water partition coefficient (Wildman–Crippen LogP) is 14.4. The molecule has 58 heavy (non-hydrogen) atoms. The van der Waals surface area contributed by atoms with Gasteiger partial charge >= 0.3 is 0 Å². The van der Waals surface area contributed by atoms with Gasteiger partial charge in [-0.3, -0.25) is 4.98 Å². The Morgan fingerprint density at radius 3 is 1.28 bits per heavy atom. The number of hydrogen-bond donors (Lipinski definition) is 0. The summed E-state index contributed by atoms with van der Waals surface area (Å²) < 4.78 is 17.8. The Balaban J connectivity index is 0.933. The summed E-state index contributed by atoms with van der Waals surface area (Å²) in [5, 5.41) is 9.13. The standard InChI is InChI=1S/C53H31N3O2/c1-5-19-44-42(17-1)50-46(25-23-40-38-15-3-7-21-48(38)57-52(40)50)55(44)36-13-9-11-32(28-36)34-27-35(31-54-30-34)33-12-10-14-37(29-33)56-45-20-6-2-18-43(45)51-47(56)26-24-41-39-16-4-8-22-49(39)58-53(41)51/h1-31H. The summed E-state index contributed by atoms with van der Waals surface area (Å²) in [5.74, 6) is 0. The normalized spacial score (nSPS) is 12.1. The smallest absolute Gasteiger partial charge is 0.145 e. The highest BCUT2D eigenvalue weighted by Gasteiger charge is 2.20. The van der Waals surface area contributed by atoms with Gasteiger partial charge in [0.05, 0.1) is 32.8 Å². The number of pyridine rings is 1. The number of benzene rings is 8. The Bertz CT molecular complexity index is 3570. The minimum absolute atomic E-state index is 0.904. The first kappa shape index (κ1) is 31.3. The number of aromatic nitrogens is 3. The molecule has 5 nitrogen and oxygen atoms in total. The summed E-state index contributed by atoms with van der Waals surface area (Å²) in [7, 11) is 0. The highest BCUT2D eigenvalue weighted by atomic mass is 16.3. The van der Waals surface area contributed by atoms with E-state index < -0.39 is 0 Å². The maximum atomic E-state index is 6.55. The van der Waals surface area contributed by atoms with Crippen molar-refractivity contribution < 1.29 is 8.83 Å². The van der Waals surface area contributed by atoms with E-state index in [1.807, 2.05) is 36.7 Å². The third-order valence-corrected chi connectivity index (χ3v) is 12.0. The maximum absolute atomic E-state index is 6.55. The summed E-state index contributed by atoms with van der Waals surface area (Å²) in [6.45, 7) is 0. The number of nitrogens with zero attached hydrogens (tertiary/aromatic N) is 3. The second-order valence-corrected chi connectivity index (χ2v) is 15.1. The molecule has 0 spiro atoms. The fourth-order valence-electron chi connectivity index (χ4n) is 9.43. The van der Waals surface area contributed by atoms with Crippen LogP contribution in [0.3, 0.4) is 0 Å². The summed E-state index contributed by atoms with van der Waals surface area (Å²) in [5.41, 5.74) is 14.6. The zero-order chi connectivity index (χ0) is 37.9. The Labute approximate surface area is 331 Å². The molecular weight excluding hydrogens is 711 g/mol. The van der Waals surface area contributed by atoms with E-state index in [0.29, 0.717) is 0 Å². The average Bonchev–Trinajstić information content (AvgIpc) is 4.04. The minimum Gasteiger partial charge on any atom is -0.455 e. The molecule has 0 aliphatic rings. The summed E-state index contributed by atoms with van der Waals surface area (Å²) >= 11 is 0. The van der Waals surface area contributed by atoms with Crippen LogP contribution in [0.4, 0.5) is 0 Å². The number of rotatable bonds is 4. The molecule has 0 radical (unpaired) electrons. The third-order valence-electron chi connectivity index (χ3n) is 12.0. The Kier molecular flexibility index (Phi) is 6.38. The molecule has 0 amide bonds. The molecule has 0 aliphatic heterocycles. The zero-order valence-corrected chi connectivity index (χ0v) is 31.1. The van der Waals surface area contributed by atoms with Crippen LogP contribution in [0, 0.1) is 0 Å². The molecule has 0 saturated heterocycles. The first-order valence-electron chi connectivity index (χ1n) is 19.6. The Morgan fingerprint density at radius 1 is 0.328 bits per heavy atom. The molecule has 0 aliphatic carbocycles. The molecule has 0 atom stereocenters. The van der Waals surface area contributed by atoms with Crippen LogP contribution in [0.15, 0.2) is 197 Å². The van der Waals surface area contributed by atoms with Gasteiger partial charge in [0.1, 0.15) is 22.3 Å². The molecule has 13 aromatic rings. The van der Waals surface area contributed by atoms with Crippen LogP contribution in [-0.4, -0.2) is 14.1 Å². The lowest BCUT2D eigenvalue weighted by atomic mass is 10.0. The lowest BCUT2D eigenvalue weighted by molar-refractivity contribution is 0.672. The molecule has 0 bridgehead atoms. The van der Waals surface area contributed by atoms with Crippen molar-refractivity contribution >= 4 is 87.5 Å². The monoisotopic (exact) mass is 741 g/mol. The molecule has 0 fully saturated rings. The molecule has 13 rings (SSSR count). The van der Waals surface area contributed by atoms with Crippen LogP contribution >= 0.6 is 0 Å². The van der Waals surface area contributed by atoms with E-state index in [-0.39, 0.29) is 0 Å². The highest BCUT2D eigenvalue weighted by Crippen LogP contribution is 2.43. The zero-order valence-electron chi connectivity index (χ0n) is 31.1. The molecular formula is C53H31N3O2. The van der Waals surface area contributed by atoms with Gasteiger partial charge in [-0.15, -0.1) is 0 Å². The summed E-state index contributed by atoms with van der Waals surface area (Å²) in [4.78, 5) is 4.79. The van der Waals surface area contributed by atoms with E-state index in [1.54, 1.807) is 0 Å². The van der Waals surface area contributed by atoms with Crippen LogP contribution in [0.2, 0.25) is 0 Å². The van der Waals surface area contributed by atoms with Gasteiger partial charge in [-0.2, -0.15) is 0 Å². The lowest BCUT2D eigenvalue weighted by Gasteiger charge is -2.12. The van der Waals surface area contributed by atoms with Crippen molar-refractivity contribution in [3.63, 3.8) is 0 Å². The van der Waals surface area contributed by atoms with Gasteiger partial charge in [-0.05, 0) is 90.0 Å². The van der Waals surface area contributed by atoms with E-state index in [2.05, 4.69) is 161 Å². The molecule has 8 aromatic carbocycles. The van der Waals surface area contributed by atoms with E-state index in [0.717, 1.165) is 110 Å². The van der Waals surface area contributed by atoms with Gasteiger partial charge in [0.15, 0.2) is 0 Å². The van der Waals surface area contributed by atoms with Crippen molar-refractivity contribution in [3.05, 3.63) is 188 Å². The number of fused-ring (bicyclic) bond motifs is 14. The fraction of sp³-hybridized carbons (Fsp3) is 0. The first-order valence-corrected chi connectivity index (χ1v) is 19.6. The average molecular weight is 742 g/mol. The van der Waals surface area contributed by atoms with Crippen LogP contribution in [0.1, 0.15) is 0 Å². The molecule has 0 N–H and O–H groups in total. The summed E-state index contributed by atoms with van der Waals surface area (Å²) in [6, 6.07) is 62.4. The second-order valence-electron chi connectivity index (χ2n) is 15.1. The number of hydrogen-bond acceptors (Lipinski definition) is 3. The first-order chi connectivity index (χ1) is 28.8.